The third-order valence-electron chi connectivity index (χ3n) is 2.06. The molecule has 2 rings (SSSR count). The van der Waals surface area contributed by atoms with E-state index in [2.05, 4.69) is 26.1 Å². The molecule has 1 heterocycles. The maximum atomic E-state index is 8.57. The van der Waals surface area contributed by atoms with Crippen molar-refractivity contribution in [3.63, 3.8) is 0 Å². The summed E-state index contributed by atoms with van der Waals surface area (Å²) >= 11 is 5.97. The molecule has 0 spiro atoms. The van der Waals surface area contributed by atoms with Gasteiger partial charge in [-0.3, -0.25) is 5.43 Å². The van der Waals surface area contributed by atoms with Crippen molar-refractivity contribution in [2.24, 2.45) is 5.10 Å². The first-order valence-electron chi connectivity index (χ1n) is 4.91. The van der Waals surface area contributed by atoms with Crippen molar-refractivity contribution in [2.45, 2.75) is 0 Å². The molecular formula is C10H5ClN8. The lowest BCUT2D eigenvalue weighted by molar-refractivity contribution is 0.789. The van der Waals surface area contributed by atoms with E-state index in [0.717, 1.165) is 0 Å². The number of anilines is 1. The van der Waals surface area contributed by atoms with E-state index in [1.54, 1.807) is 30.3 Å². The highest BCUT2D eigenvalue weighted by molar-refractivity contribution is 6.33. The van der Waals surface area contributed by atoms with Crippen molar-refractivity contribution in [1.29, 1.82) is 10.5 Å². The monoisotopic (exact) mass is 272 g/mol. The van der Waals surface area contributed by atoms with E-state index >= 15 is 0 Å². The third-order valence-corrected chi connectivity index (χ3v) is 2.39. The molecule has 0 aliphatic heterocycles. The molecule has 0 atom stereocenters. The van der Waals surface area contributed by atoms with E-state index < -0.39 is 0 Å². The predicted octanol–water partition coefficient (Wildman–Crippen LogP) is 1.13. The van der Waals surface area contributed by atoms with Gasteiger partial charge in [-0.05, 0) is 28.6 Å². The molecule has 0 unspecified atom stereocenters. The molecule has 1 N–H and O–H groups in total. The van der Waals surface area contributed by atoms with Crippen molar-refractivity contribution in [1.82, 2.24) is 20.2 Å². The van der Waals surface area contributed by atoms with Crippen LogP contribution in [0.1, 0.15) is 0 Å². The number of benzene rings is 1. The molecule has 0 fully saturated rings. The normalized spacial score (nSPS) is 9.21. The van der Waals surface area contributed by atoms with Crippen molar-refractivity contribution in [3.8, 4) is 17.8 Å². The smallest absolute Gasteiger partial charge is 0.237 e. The SMILES string of the molecule is N#CC(C#N)=NNc1cc(-n2cnnn2)ccc1Cl. The molecule has 92 valence electrons. The van der Waals surface area contributed by atoms with Crippen LogP contribution in [0.3, 0.4) is 0 Å². The van der Waals surface area contributed by atoms with Crippen LogP contribution >= 0.6 is 11.6 Å². The van der Waals surface area contributed by atoms with Crippen LogP contribution < -0.4 is 5.43 Å². The fourth-order valence-corrected chi connectivity index (χ4v) is 1.37. The van der Waals surface area contributed by atoms with Gasteiger partial charge in [-0.25, -0.2) is 4.68 Å². The van der Waals surface area contributed by atoms with Crippen LogP contribution in [0.4, 0.5) is 5.69 Å². The van der Waals surface area contributed by atoms with Crippen molar-refractivity contribution in [2.75, 3.05) is 5.43 Å². The Kier molecular flexibility index (Phi) is 3.67. The second-order valence-corrected chi connectivity index (χ2v) is 3.62. The Balaban J connectivity index is 2.32. The lowest BCUT2D eigenvalue weighted by Gasteiger charge is -2.05. The highest BCUT2D eigenvalue weighted by atomic mass is 35.5. The summed E-state index contributed by atoms with van der Waals surface area (Å²) in [6, 6.07) is 8.22. The molecule has 1 aromatic carbocycles. The van der Waals surface area contributed by atoms with Gasteiger partial charge in [-0.1, -0.05) is 11.6 Å². The molecule has 0 radical (unpaired) electrons. The zero-order valence-corrected chi connectivity index (χ0v) is 10.1. The summed E-state index contributed by atoms with van der Waals surface area (Å²) in [7, 11) is 0. The summed E-state index contributed by atoms with van der Waals surface area (Å²) in [4.78, 5) is 0. The molecular weight excluding hydrogens is 268 g/mol. The topological polar surface area (TPSA) is 116 Å². The zero-order valence-electron chi connectivity index (χ0n) is 9.32. The first kappa shape index (κ1) is 12.5. The minimum atomic E-state index is -0.302. The fraction of sp³-hybridized carbons (Fsp3) is 0. The van der Waals surface area contributed by atoms with E-state index in [9.17, 15) is 0 Å². The van der Waals surface area contributed by atoms with Gasteiger partial charge >= 0.3 is 0 Å². The Morgan fingerprint density at radius 1 is 1.37 bits per heavy atom. The molecule has 19 heavy (non-hydrogen) atoms. The van der Waals surface area contributed by atoms with Crippen LogP contribution in [0.5, 0.6) is 0 Å². The second-order valence-electron chi connectivity index (χ2n) is 3.21. The number of aromatic nitrogens is 4. The molecule has 0 bridgehead atoms. The van der Waals surface area contributed by atoms with Gasteiger partial charge in [0, 0.05) is 0 Å². The molecule has 0 saturated heterocycles. The number of rotatable bonds is 3. The van der Waals surface area contributed by atoms with Crippen molar-refractivity contribution in [3.05, 3.63) is 29.5 Å². The minimum Gasteiger partial charge on any atom is -0.275 e. The van der Waals surface area contributed by atoms with E-state index in [4.69, 9.17) is 22.1 Å². The first-order valence-corrected chi connectivity index (χ1v) is 5.29. The number of tetrazole rings is 1. The zero-order chi connectivity index (χ0) is 13.7. The van der Waals surface area contributed by atoms with Crippen LogP contribution in [-0.4, -0.2) is 25.9 Å². The number of halogens is 1. The fourth-order valence-electron chi connectivity index (χ4n) is 1.21. The van der Waals surface area contributed by atoms with E-state index in [-0.39, 0.29) is 5.71 Å². The standard InChI is InChI=1S/C10H5ClN8/c11-9-2-1-8(19-6-14-17-18-19)3-10(9)16-15-7(4-12)5-13/h1-3,6,16H. The Labute approximate surface area is 112 Å². The molecule has 0 aliphatic rings. The lowest BCUT2D eigenvalue weighted by Crippen LogP contribution is -2.00. The molecule has 8 nitrogen and oxygen atoms in total. The molecule has 1 aromatic heterocycles. The van der Waals surface area contributed by atoms with Gasteiger partial charge in [-0.2, -0.15) is 15.6 Å². The van der Waals surface area contributed by atoms with Gasteiger partial charge in [0.2, 0.25) is 5.71 Å². The molecule has 0 aliphatic carbocycles. The van der Waals surface area contributed by atoms with Gasteiger partial charge in [0.1, 0.15) is 18.5 Å². The van der Waals surface area contributed by atoms with Gasteiger partial charge < -0.3 is 0 Å². The molecule has 0 saturated carbocycles. The van der Waals surface area contributed by atoms with E-state index in [1.807, 2.05) is 0 Å². The number of hydrogen-bond acceptors (Lipinski definition) is 7. The summed E-state index contributed by atoms with van der Waals surface area (Å²) in [6.45, 7) is 0. The molecule has 2 aromatic rings. The van der Waals surface area contributed by atoms with Crippen LogP contribution in [0.2, 0.25) is 5.02 Å². The Morgan fingerprint density at radius 3 is 2.79 bits per heavy atom. The third kappa shape index (κ3) is 2.83. The highest BCUT2D eigenvalue weighted by Gasteiger charge is 2.04. The van der Waals surface area contributed by atoms with Crippen molar-refractivity contribution < 1.29 is 0 Å². The summed E-state index contributed by atoms with van der Waals surface area (Å²) in [5, 5.41) is 31.9. The number of nitrogens with one attached hydrogen (secondary N) is 1. The number of nitriles is 2. The van der Waals surface area contributed by atoms with E-state index in [0.29, 0.717) is 16.4 Å². The van der Waals surface area contributed by atoms with E-state index in [1.165, 1.54) is 11.0 Å². The highest BCUT2D eigenvalue weighted by Crippen LogP contribution is 2.24. The quantitative estimate of drug-likeness (QED) is 0.661. The van der Waals surface area contributed by atoms with Gasteiger partial charge in [-0.15, -0.1) is 5.10 Å². The average molecular weight is 273 g/mol. The Morgan fingerprint density at radius 2 is 2.16 bits per heavy atom. The summed E-state index contributed by atoms with van der Waals surface area (Å²) in [5.41, 5.74) is 3.33. The second kappa shape index (κ2) is 5.58. The average Bonchev–Trinajstić information content (AvgIpc) is 2.96. The Bertz CT molecular complexity index is 675. The number of hydrogen-bond donors (Lipinski definition) is 1. The lowest BCUT2D eigenvalue weighted by atomic mass is 10.3. The van der Waals surface area contributed by atoms with Gasteiger partial charge in [0.15, 0.2) is 0 Å². The summed E-state index contributed by atoms with van der Waals surface area (Å²) < 4.78 is 1.43. The molecule has 0 amide bonds. The van der Waals surface area contributed by atoms with Crippen LogP contribution in [0.25, 0.3) is 5.69 Å². The maximum absolute atomic E-state index is 8.57. The Hall–Kier alpha value is -2.97. The summed E-state index contributed by atoms with van der Waals surface area (Å²) in [6.07, 6.45) is 1.42. The largest absolute Gasteiger partial charge is 0.275 e. The number of nitrogens with zero attached hydrogens (tertiary/aromatic N) is 7. The van der Waals surface area contributed by atoms with Crippen LogP contribution in [-0.2, 0) is 0 Å². The van der Waals surface area contributed by atoms with Crippen LogP contribution in [0.15, 0.2) is 29.6 Å². The minimum absolute atomic E-state index is 0.302. The molecule has 9 heteroatoms. The predicted molar refractivity (Wildman–Crippen MR) is 66.4 cm³/mol. The van der Waals surface area contributed by atoms with Gasteiger partial charge in [0.05, 0.1) is 16.4 Å². The summed E-state index contributed by atoms with van der Waals surface area (Å²) in [5.74, 6) is 0. The number of hydrazone groups is 1. The van der Waals surface area contributed by atoms with Gasteiger partial charge in [0.25, 0.3) is 0 Å². The maximum Gasteiger partial charge on any atom is 0.237 e. The first-order chi connectivity index (χ1) is 9.24. The van der Waals surface area contributed by atoms with Crippen LogP contribution in [0, 0.1) is 22.7 Å². The van der Waals surface area contributed by atoms with Crippen molar-refractivity contribution >= 4 is 23.0 Å².